The van der Waals surface area contributed by atoms with Crippen LogP contribution in [0.4, 0.5) is 17.5 Å². The second-order valence-electron chi connectivity index (χ2n) is 24.1. The summed E-state index contributed by atoms with van der Waals surface area (Å²) >= 11 is 0. The number of nitrogens with one attached hydrogen (secondary N) is 4. The number of benzene rings is 1. The minimum Gasteiger partial charge on any atom is -0.454 e. The fourth-order valence-corrected chi connectivity index (χ4v) is 13.6. The average Bonchev–Trinajstić information content (AvgIpc) is 1.91. The standard InChI is InChI=1S/2C22H25N7O.C22H23N5O2/c1-13(30)26-12-14-4-6-15(7-5-14)22-28-19(20-21(23)25-9-10-29(20)22)18-11-17-16(27-18)3-2-8-24-17;1-13(30)26-12-14-4-6-15(7-5-14)22-28-18(19-20(23)24-9-10-29(19)22)17-11-16-3-2-8-25-21(16)27-17;1-12-11-25-20(23)19-18(17-10-15-4-2-3-5-16(15)29-17)26-22(27(12)19)14-8-6-13(7-9-14)21(24)28/h2-3,8-11,14-15,27H,4-7,12H2,1H3,(H2,23,25)(H,26,30);2-3,8-11,14-15H,4-7,12H2,1H3,(H2,23,24)(H,25,27)(H,26,30);2-5,10-11,13-14H,6-9H2,1H3,(H2,23,25)(H2,24,28). The van der Waals surface area contributed by atoms with E-state index in [0.29, 0.717) is 52.6 Å². The van der Waals surface area contributed by atoms with Gasteiger partial charge in [0.1, 0.15) is 79.8 Å². The number of anilines is 3. The van der Waals surface area contributed by atoms with Crippen molar-refractivity contribution in [3.05, 3.63) is 133 Å². The van der Waals surface area contributed by atoms with Crippen molar-refractivity contribution in [1.82, 2.24) is 73.7 Å². The number of primary amides is 1. The number of furan rings is 1. The molecule has 0 saturated heterocycles. The van der Waals surface area contributed by atoms with Gasteiger partial charge in [0.15, 0.2) is 5.76 Å². The molecule has 0 spiro atoms. The molecule has 0 aliphatic heterocycles. The van der Waals surface area contributed by atoms with Crippen molar-refractivity contribution < 1.29 is 18.8 Å². The van der Waals surface area contributed by atoms with Crippen LogP contribution in [0.1, 0.15) is 132 Å². The summed E-state index contributed by atoms with van der Waals surface area (Å²) in [5.41, 5.74) is 35.4. The summed E-state index contributed by atoms with van der Waals surface area (Å²) in [5.74, 6) is 6.87. The Morgan fingerprint density at radius 1 is 0.573 bits per heavy atom. The Balaban J connectivity index is 0.000000123. The molecule has 0 bridgehead atoms. The van der Waals surface area contributed by atoms with Crippen LogP contribution in [0.2, 0.25) is 0 Å². The van der Waals surface area contributed by atoms with Gasteiger partial charge in [-0.2, -0.15) is 0 Å². The normalized spacial score (nSPS) is 19.5. The summed E-state index contributed by atoms with van der Waals surface area (Å²) in [4.78, 5) is 77.6. The summed E-state index contributed by atoms with van der Waals surface area (Å²) < 4.78 is 12.4. The summed E-state index contributed by atoms with van der Waals surface area (Å²) in [7, 11) is 0. The van der Waals surface area contributed by atoms with Gasteiger partial charge in [0.25, 0.3) is 0 Å². The molecule has 0 radical (unpaired) electrons. The minimum atomic E-state index is -0.205. The lowest BCUT2D eigenvalue weighted by molar-refractivity contribution is -0.123. The van der Waals surface area contributed by atoms with E-state index < -0.39 is 0 Å². The fraction of sp³-hybridized carbons (Fsp3) is 0.348. The Bertz CT molecular complexity index is 4290. The molecular weight excluding hydrogens is 1120 g/mol. The Morgan fingerprint density at radius 3 is 1.70 bits per heavy atom. The zero-order valence-electron chi connectivity index (χ0n) is 50.1. The Kier molecular flexibility index (Phi) is 15.9. The number of rotatable bonds is 11. The number of para-hydroxylation sites is 1. The number of pyridine rings is 2. The maximum atomic E-state index is 11.5. The minimum absolute atomic E-state index is 0.0387. The van der Waals surface area contributed by atoms with Crippen LogP contribution in [0.25, 0.3) is 83.8 Å². The first-order valence-electron chi connectivity index (χ1n) is 30.8. The van der Waals surface area contributed by atoms with E-state index >= 15 is 0 Å². The molecular formula is C66H73N19O4. The van der Waals surface area contributed by atoms with Crippen LogP contribution in [-0.2, 0) is 14.4 Å². The smallest absolute Gasteiger partial charge is 0.220 e. The van der Waals surface area contributed by atoms with Gasteiger partial charge in [0, 0.05) is 110 Å². The van der Waals surface area contributed by atoms with Crippen LogP contribution < -0.4 is 33.6 Å². The molecule has 23 nitrogen and oxygen atoms in total. The first kappa shape index (κ1) is 57.9. The molecule has 15 rings (SSSR count). The van der Waals surface area contributed by atoms with Crippen molar-refractivity contribution in [2.45, 2.75) is 116 Å². The van der Waals surface area contributed by atoms with Gasteiger partial charge >= 0.3 is 0 Å². The number of aryl methyl sites for hydroxylation is 1. The van der Waals surface area contributed by atoms with Crippen LogP contribution in [0, 0.1) is 24.7 Å². The van der Waals surface area contributed by atoms with Crippen molar-refractivity contribution in [2.75, 3.05) is 30.3 Å². The number of hydrogen-bond acceptors (Lipinski definition) is 15. The number of H-pyrrole nitrogens is 2. The molecule has 89 heavy (non-hydrogen) atoms. The molecule has 3 fully saturated rings. The first-order chi connectivity index (χ1) is 43.2. The topological polar surface area (TPSA) is 340 Å². The van der Waals surface area contributed by atoms with Gasteiger partial charge in [0.05, 0.1) is 22.4 Å². The van der Waals surface area contributed by atoms with Crippen molar-refractivity contribution in [1.29, 1.82) is 0 Å². The fourth-order valence-electron chi connectivity index (χ4n) is 13.6. The highest BCUT2D eigenvalue weighted by Gasteiger charge is 2.33. The monoisotopic (exact) mass is 1200 g/mol. The number of fused-ring (bicyclic) bond motifs is 6. The third-order valence-electron chi connectivity index (χ3n) is 18.3. The van der Waals surface area contributed by atoms with E-state index in [1.807, 2.05) is 80.0 Å². The molecule has 12 N–H and O–H groups in total. The Hall–Kier alpha value is -10.2. The molecule has 456 valence electrons. The van der Waals surface area contributed by atoms with Crippen LogP contribution in [0.15, 0.2) is 115 Å². The SMILES string of the molecule is CC(=O)NCC1CCC(c2nc(-c3cc4cccnc4[nH]3)c3c(N)nccn23)CC1.CC(=O)NCC1CCC(c2nc(-c3cc4ncccc4[nH]3)c3c(N)nccn23)CC1.Cc1cnc(N)c2c(-c3cc4ccccc4o3)nc(C3CCC(C(N)=O)CC3)n12. The summed E-state index contributed by atoms with van der Waals surface area (Å²) in [6.07, 6.45) is 24.5. The first-order valence-corrected chi connectivity index (χ1v) is 30.8. The number of nitrogens with zero attached hydrogens (tertiary/aromatic N) is 11. The van der Waals surface area contributed by atoms with E-state index in [4.69, 9.17) is 42.3 Å². The number of aromatic nitrogens is 13. The van der Waals surface area contributed by atoms with Gasteiger partial charge in [-0.15, -0.1) is 0 Å². The molecule has 3 amide bonds. The number of imidazole rings is 3. The molecule has 23 heteroatoms. The van der Waals surface area contributed by atoms with E-state index in [0.717, 1.165) is 186 Å². The van der Waals surface area contributed by atoms with Crippen molar-refractivity contribution in [3.8, 4) is 34.2 Å². The third kappa shape index (κ3) is 11.7. The second-order valence-corrected chi connectivity index (χ2v) is 24.1. The van der Waals surface area contributed by atoms with Crippen molar-refractivity contribution >= 4 is 84.8 Å². The molecule has 12 aromatic rings. The summed E-state index contributed by atoms with van der Waals surface area (Å²) in [5, 5.41) is 7.96. The highest BCUT2D eigenvalue weighted by Crippen LogP contribution is 2.43. The van der Waals surface area contributed by atoms with Crippen LogP contribution in [0.3, 0.4) is 0 Å². The number of nitrogen functional groups attached to an aromatic ring is 3. The van der Waals surface area contributed by atoms with Crippen LogP contribution in [-0.4, -0.2) is 93.9 Å². The van der Waals surface area contributed by atoms with Gasteiger partial charge in [-0.25, -0.2) is 34.9 Å². The van der Waals surface area contributed by atoms with Gasteiger partial charge in [0.2, 0.25) is 17.7 Å². The van der Waals surface area contributed by atoms with Gasteiger partial charge in [-0.3, -0.25) is 32.6 Å². The molecule has 3 saturated carbocycles. The number of amides is 3. The van der Waals surface area contributed by atoms with Gasteiger partial charge in [-0.1, -0.05) is 18.2 Å². The van der Waals surface area contributed by atoms with Crippen molar-refractivity contribution in [2.24, 2.45) is 23.5 Å². The predicted octanol–water partition coefficient (Wildman–Crippen LogP) is 10.3. The highest BCUT2D eigenvalue weighted by atomic mass is 16.3. The van der Waals surface area contributed by atoms with Crippen LogP contribution >= 0.6 is 0 Å². The lowest BCUT2D eigenvalue weighted by atomic mass is 9.81. The molecule has 11 heterocycles. The zero-order chi connectivity index (χ0) is 61.4. The highest BCUT2D eigenvalue weighted by molar-refractivity contribution is 5.92. The molecule has 3 aliphatic rings. The third-order valence-corrected chi connectivity index (χ3v) is 18.3. The number of carbonyl (C=O) groups is 3. The molecule has 0 atom stereocenters. The number of hydrogen-bond donors (Lipinski definition) is 8. The molecule has 1 aromatic carbocycles. The van der Waals surface area contributed by atoms with Crippen molar-refractivity contribution in [3.63, 3.8) is 0 Å². The number of aromatic amines is 2. The van der Waals surface area contributed by atoms with Gasteiger partial charge in [-0.05, 0) is 144 Å². The Morgan fingerprint density at radius 2 is 1.11 bits per heavy atom. The zero-order valence-corrected chi connectivity index (χ0v) is 50.1. The average molecular weight is 1200 g/mol. The molecule has 11 aromatic heterocycles. The van der Waals surface area contributed by atoms with E-state index in [9.17, 15) is 14.4 Å². The van der Waals surface area contributed by atoms with E-state index in [-0.39, 0.29) is 29.6 Å². The summed E-state index contributed by atoms with van der Waals surface area (Å²) in [6, 6.07) is 21.8. The van der Waals surface area contributed by atoms with E-state index in [1.54, 1.807) is 44.8 Å². The summed E-state index contributed by atoms with van der Waals surface area (Å²) in [6.45, 7) is 6.66. The maximum Gasteiger partial charge on any atom is 0.220 e. The quantitative estimate of drug-likeness (QED) is 0.0597. The predicted molar refractivity (Wildman–Crippen MR) is 343 cm³/mol. The van der Waals surface area contributed by atoms with Gasteiger partial charge < -0.3 is 48.0 Å². The van der Waals surface area contributed by atoms with Crippen LogP contribution in [0.5, 0.6) is 0 Å². The largest absolute Gasteiger partial charge is 0.454 e. The molecule has 0 unspecified atom stereocenters. The van der Waals surface area contributed by atoms with E-state index in [1.165, 1.54) is 0 Å². The Labute approximate surface area is 512 Å². The molecule has 3 aliphatic carbocycles. The second kappa shape index (κ2) is 24.5. The lowest BCUT2D eigenvalue weighted by Gasteiger charge is -2.27. The van der Waals surface area contributed by atoms with E-state index in [2.05, 4.69) is 64.8 Å². The number of nitrogens with two attached hydrogens (primary N) is 4. The lowest BCUT2D eigenvalue weighted by Crippen LogP contribution is -2.29. The number of carbonyl (C=O) groups excluding carboxylic acids is 3. The maximum absolute atomic E-state index is 11.5.